The van der Waals surface area contributed by atoms with Crippen LogP contribution >= 0.6 is 24.0 Å². The number of hydrogen-bond donors (Lipinski definition) is 3. The van der Waals surface area contributed by atoms with E-state index in [0.717, 1.165) is 12.8 Å². The van der Waals surface area contributed by atoms with Crippen molar-refractivity contribution in [2.75, 3.05) is 5.32 Å². The topological polar surface area (TPSA) is 70.2 Å². The normalized spacial score (nSPS) is 22.8. The van der Waals surface area contributed by atoms with Crippen molar-refractivity contribution in [3.8, 4) is 0 Å². The number of nitrogens with one attached hydrogen (secondary N) is 3. The summed E-state index contributed by atoms with van der Waals surface area (Å²) in [6.45, 7) is 0. The van der Waals surface area contributed by atoms with Crippen molar-refractivity contribution in [2.24, 2.45) is 0 Å². The molecule has 0 saturated carbocycles. The molecule has 2 heterocycles. The minimum atomic E-state index is -0.271. The van der Waals surface area contributed by atoms with E-state index in [-0.39, 0.29) is 30.3 Å². The number of amides is 2. The Bertz CT molecular complexity index is 845. The number of carbonyl (C=O) groups is 2. The Hall–Kier alpha value is -2.08. The molecule has 2 aliphatic heterocycles. The summed E-state index contributed by atoms with van der Waals surface area (Å²) in [4.78, 5) is 25.3. The number of halogens is 2. The van der Waals surface area contributed by atoms with E-state index in [2.05, 4.69) is 16.0 Å². The Morgan fingerprint density at radius 2 is 1.57 bits per heavy atom. The number of hydrogen-bond acceptors (Lipinski definition) is 3. The molecule has 148 valence electrons. The van der Waals surface area contributed by atoms with E-state index in [0.29, 0.717) is 33.9 Å². The summed E-state index contributed by atoms with van der Waals surface area (Å²) in [5.41, 5.74) is 1.47. The molecule has 2 aromatic carbocycles. The van der Waals surface area contributed by atoms with Gasteiger partial charge in [0.2, 0.25) is 0 Å². The van der Waals surface area contributed by atoms with Gasteiger partial charge in [-0.2, -0.15) is 0 Å². The van der Waals surface area contributed by atoms with Crippen molar-refractivity contribution in [1.29, 1.82) is 0 Å². The zero-order chi connectivity index (χ0) is 18.8. The van der Waals surface area contributed by atoms with Gasteiger partial charge in [-0.1, -0.05) is 23.7 Å². The van der Waals surface area contributed by atoms with Crippen LogP contribution in [0.25, 0.3) is 0 Å². The van der Waals surface area contributed by atoms with Crippen LogP contribution in [0.2, 0.25) is 5.02 Å². The first-order valence-corrected chi connectivity index (χ1v) is 9.69. The number of anilines is 1. The second-order valence-corrected chi connectivity index (χ2v) is 7.72. The first kappa shape index (κ1) is 20.6. The lowest BCUT2D eigenvalue weighted by Gasteiger charge is -2.29. The van der Waals surface area contributed by atoms with Gasteiger partial charge in [0.1, 0.15) is 0 Å². The van der Waals surface area contributed by atoms with Crippen molar-refractivity contribution < 1.29 is 9.59 Å². The SMILES string of the molecule is Cl.O=C(Nc1ccccc1C(=O)NC1CC2CCC(C1)N2)c1ccc(Cl)cc1. The number of para-hydroxylation sites is 1. The molecule has 0 aromatic heterocycles. The van der Waals surface area contributed by atoms with E-state index < -0.39 is 0 Å². The molecule has 2 fully saturated rings. The summed E-state index contributed by atoms with van der Waals surface area (Å²) in [5.74, 6) is -0.417. The predicted molar refractivity (Wildman–Crippen MR) is 114 cm³/mol. The monoisotopic (exact) mass is 419 g/mol. The van der Waals surface area contributed by atoms with Gasteiger partial charge in [0, 0.05) is 28.7 Å². The molecule has 2 saturated heterocycles. The second kappa shape index (κ2) is 8.95. The van der Waals surface area contributed by atoms with E-state index >= 15 is 0 Å². The Kier molecular flexibility index (Phi) is 6.60. The molecular weight excluding hydrogens is 397 g/mol. The fraction of sp³-hybridized carbons (Fsp3) is 0.333. The van der Waals surface area contributed by atoms with Crippen LogP contribution < -0.4 is 16.0 Å². The second-order valence-electron chi connectivity index (χ2n) is 7.29. The van der Waals surface area contributed by atoms with E-state index in [1.54, 1.807) is 48.5 Å². The van der Waals surface area contributed by atoms with E-state index in [4.69, 9.17) is 11.6 Å². The minimum Gasteiger partial charge on any atom is -0.349 e. The molecule has 4 rings (SSSR count). The first-order valence-electron chi connectivity index (χ1n) is 9.31. The van der Waals surface area contributed by atoms with Crippen molar-refractivity contribution in [3.63, 3.8) is 0 Å². The van der Waals surface area contributed by atoms with Gasteiger partial charge in [-0.3, -0.25) is 9.59 Å². The van der Waals surface area contributed by atoms with Gasteiger partial charge in [0.25, 0.3) is 11.8 Å². The third-order valence-corrected chi connectivity index (χ3v) is 5.59. The highest BCUT2D eigenvalue weighted by atomic mass is 35.5. The first-order chi connectivity index (χ1) is 13.1. The fourth-order valence-electron chi connectivity index (χ4n) is 4.02. The van der Waals surface area contributed by atoms with Crippen molar-refractivity contribution in [3.05, 3.63) is 64.7 Å². The molecule has 2 amide bonds. The van der Waals surface area contributed by atoms with Crippen molar-refractivity contribution in [2.45, 2.75) is 43.8 Å². The van der Waals surface area contributed by atoms with Crippen molar-refractivity contribution in [1.82, 2.24) is 10.6 Å². The highest BCUT2D eigenvalue weighted by Crippen LogP contribution is 2.27. The molecule has 2 aromatic rings. The molecule has 0 radical (unpaired) electrons. The Labute approximate surface area is 175 Å². The van der Waals surface area contributed by atoms with Gasteiger partial charge in [-0.25, -0.2) is 0 Å². The summed E-state index contributed by atoms with van der Waals surface area (Å²) in [6.07, 6.45) is 4.29. The van der Waals surface area contributed by atoms with Gasteiger partial charge in [0.15, 0.2) is 0 Å². The molecule has 3 N–H and O–H groups in total. The van der Waals surface area contributed by atoms with Crippen LogP contribution in [-0.4, -0.2) is 29.9 Å². The van der Waals surface area contributed by atoms with Gasteiger partial charge in [0.05, 0.1) is 11.3 Å². The van der Waals surface area contributed by atoms with E-state index in [9.17, 15) is 9.59 Å². The summed E-state index contributed by atoms with van der Waals surface area (Å²) >= 11 is 5.87. The average molecular weight is 420 g/mol. The standard InChI is InChI=1S/C21H22ClN3O2.ClH/c22-14-7-5-13(6-8-14)20(26)25-19-4-2-1-3-18(19)21(27)24-17-11-15-9-10-16(12-17)23-15;/h1-8,15-17,23H,9-12H2,(H,24,27)(H,25,26);1H. The molecular formula is C21H23Cl2N3O2. The summed E-state index contributed by atoms with van der Waals surface area (Å²) in [5, 5.41) is 10.1. The Morgan fingerprint density at radius 1 is 0.929 bits per heavy atom. The fourth-order valence-corrected chi connectivity index (χ4v) is 4.15. The number of benzene rings is 2. The smallest absolute Gasteiger partial charge is 0.255 e. The third-order valence-electron chi connectivity index (χ3n) is 5.33. The molecule has 2 bridgehead atoms. The predicted octanol–water partition coefficient (Wildman–Crippen LogP) is 4.03. The Morgan fingerprint density at radius 3 is 2.25 bits per heavy atom. The number of rotatable bonds is 4. The zero-order valence-corrected chi connectivity index (χ0v) is 16.9. The molecule has 7 heteroatoms. The van der Waals surface area contributed by atoms with Gasteiger partial charge < -0.3 is 16.0 Å². The largest absolute Gasteiger partial charge is 0.349 e. The van der Waals surface area contributed by atoms with Gasteiger partial charge in [-0.15, -0.1) is 12.4 Å². The molecule has 5 nitrogen and oxygen atoms in total. The maximum atomic E-state index is 12.8. The zero-order valence-electron chi connectivity index (χ0n) is 15.3. The maximum Gasteiger partial charge on any atom is 0.255 e. The van der Waals surface area contributed by atoms with Gasteiger partial charge in [-0.05, 0) is 62.1 Å². The number of carbonyl (C=O) groups excluding carboxylic acids is 2. The van der Waals surface area contributed by atoms with Crippen LogP contribution in [0, 0.1) is 0 Å². The molecule has 2 unspecified atom stereocenters. The number of fused-ring (bicyclic) bond motifs is 2. The summed E-state index contributed by atoms with van der Waals surface area (Å²) in [7, 11) is 0. The lowest BCUT2D eigenvalue weighted by Crippen LogP contribution is -2.48. The van der Waals surface area contributed by atoms with E-state index in [1.807, 2.05) is 0 Å². The molecule has 28 heavy (non-hydrogen) atoms. The highest BCUT2D eigenvalue weighted by Gasteiger charge is 2.34. The quantitative estimate of drug-likeness (QED) is 0.700. The highest BCUT2D eigenvalue weighted by molar-refractivity contribution is 6.30. The average Bonchev–Trinajstić information content (AvgIpc) is 3.01. The van der Waals surface area contributed by atoms with E-state index in [1.165, 1.54) is 12.8 Å². The lowest BCUT2D eigenvalue weighted by molar-refractivity contribution is 0.0925. The minimum absolute atomic E-state index is 0. The molecule has 0 aliphatic carbocycles. The molecule has 0 spiro atoms. The van der Waals surface area contributed by atoms with Crippen LogP contribution in [0.3, 0.4) is 0 Å². The Balaban J connectivity index is 0.00000225. The van der Waals surface area contributed by atoms with Crippen LogP contribution in [0.5, 0.6) is 0 Å². The molecule has 2 aliphatic rings. The van der Waals surface area contributed by atoms with Crippen LogP contribution in [0.1, 0.15) is 46.4 Å². The summed E-state index contributed by atoms with van der Waals surface area (Å²) < 4.78 is 0. The van der Waals surface area contributed by atoms with Crippen LogP contribution in [0.4, 0.5) is 5.69 Å². The molecule has 2 atom stereocenters. The van der Waals surface area contributed by atoms with Gasteiger partial charge >= 0.3 is 0 Å². The summed E-state index contributed by atoms with van der Waals surface area (Å²) in [6, 6.07) is 14.9. The van der Waals surface area contributed by atoms with Crippen molar-refractivity contribution >= 4 is 41.5 Å². The van der Waals surface area contributed by atoms with Crippen LogP contribution in [-0.2, 0) is 0 Å². The lowest BCUT2D eigenvalue weighted by atomic mass is 9.99. The third kappa shape index (κ3) is 4.66. The van der Waals surface area contributed by atoms with Crippen LogP contribution in [0.15, 0.2) is 48.5 Å². The maximum absolute atomic E-state index is 12.8. The number of piperidine rings is 1.